The van der Waals surface area contributed by atoms with E-state index in [9.17, 15) is 4.79 Å². The summed E-state index contributed by atoms with van der Waals surface area (Å²) >= 11 is 1.79. The number of thiophene rings is 1. The third kappa shape index (κ3) is 6.77. The number of hydrogen-bond acceptors (Lipinski definition) is 3. The van der Waals surface area contributed by atoms with Gasteiger partial charge in [0, 0.05) is 31.1 Å². The Morgan fingerprint density at radius 1 is 1.32 bits per heavy atom. The maximum atomic E-state index is 12.5. The molecule has 1 aromatic heterocycles. The second kappa shape index (κ2) is 11.7. The fourth-order valence-corrected chi connectivity index (χ4v) is 3.76. The summed E-state index contributed by atoms with van der Waals surface area (Å²) in [4.78, 5) is 20.3. The van der Waals surface area contributed by atoms with Crippen molar-refractivity contribution in [3.8, 4) is 0 Å². The standard InChI is InChI=1S/C18H30N4OS.HI/c1-4-14(5-2)11-20-18(19-6-3)21-12-17(23)22-9-7-16-15(13-22)8-10-24-16;/h8,10,14H,4-7,9,11-13H2,1-3H3,(H2,19,20,21);1H. The van der Waals surface area contributed by atoms with Crippen LogP contribution in [0.5, 0.6) is 0 Å². The number of hydrogen-bond donors (Lipinski definition) is 2. The van der Waals surface area contributed by atoms with Crippen LogP contribution in [0, 0.1) is 5.92 Å². The van der Waals surface area contributed by atoms with Crippen molar-refractivity contribution in [2.75, 3.05) is 26.2 Å². The zero-order valence-corrected chi connectivity index (χ0v) is 18.7. The quantitative estimate of drug-likeness (QED) is 0.360. The number of nitrogens with zero attached hydrogens (tertiary/aromatic N) is 2. The van der Waals surface area contributed by atoms with Gasteiger partial charge in [-0.15, -0.1) is 35.3 Å². The lowest BCUT2D eigenvalue weighted by molar-refractivity contribution is -0.130. The normalized spacial score (nSPS) is 14.1. The topological polar surface area (TPSA) is 56.7 Å². The summed E-state index contributed by atoms with van der Waals surface area (Å²) in [5.74, 6) is 1.49. The molecule has 0 atom stereocenters. The number of amides is 1. The van der Waals surface area contributed by atoms with Crippen LogP contribution in [0.2, 0.25) is 0 Å². The van der Waals surface area contributed by atoms with E-state index >= 15 is 0 Å². The molecule has 0 bridgehead atoms. The average molecular weight is 478 g/mol. The molecule has 1 amide bonds. The second-order valence-electron chi connectivity index (χ2n) is 6.19. The molecule has 7 heteroatoms. The number of halogens is 1. The molecule has 5 nitrogen and oxygen atoms in total. The highest BCUT2D eigenvalue weighted by molar-refractivity contribution is 14.0. The molecule has 0 aromatic carbocycles. The zero-order valence-electron chi connectivity index (χ0n) is 15.5. The molecule has 0 unspecified atom stereocenters. The Balaban J connectivity index is 0.00000312. The first-order valence-corrected chi connectivity index (χ1v) is 9.91. The highest BCUT2D eigenvalue weighted by Gasteiger charge is 2.21. The molecule has 2 heterocycles. The first-order chi connectivity index (χ1) is 11.7. The first kappa shape index (κ1) is 22.2. The SMILES string of the molecule is CCNC(=NCC(=O)N1CCc2sccc2C1)NCC(CC)CC.I. The summed E-state index contributed by atoms with van der Waals surface area (Å²) in [6, 6.07) is 2.13. The first-order valence-electron chi connectivity index (χ1n) is 9.03. The molecule has 0 radical (unpaired) electrons. The molecule has 2 N–H and O–H groups in total. The van der Waals surface area contributed by atoms with Gasteiger partial charge in [-0.3, -0.25) is 4.79 Å². The molecule has 25 heavy (non-hydrogen) atoms. The third-order valence-corrected chi connectivity index (χ3v) is 5.61. The molecule has 0 fully saturated rings. The van der Waals surface area contributed by atoms with E-state index in [4.69, 9.17) is 0 Å². The Kier molecular flexibility index (Phi) is 10.4. The Bertz CT molecular complexity index is 557. The number of carbonyl (C=O) groups is 1. The molecule has 0 saturated carbocycles. The van der Waals surface area contributed by atoms with Gasteiger partial charge in [-0.25, -0.2) is 4.99 Å². The average Bonchev–Trinajstić information content (AvgIpc) is 3.07. The summed E-state index contributed by atoms with van der Waals surface area (Å²) < 4.78 is 0. The number of rotatable bonds is 7. The van der Waals surface area contributed by atoms with Crippen molar-refractivity contribution in [3.05, 3.63) is 21.9 Å². The van der Waals surface area contributed by atoms with Gasteiger partial charge in [0.15, 0.2) is 5.96 Å². The van der Waals surface area contributed by atoms with E-state index in [-0.39, 0.29) is 36.4 Å². The van der Waals surface area contributed by atoms with Crippen LogP contribution < -0.4 is 10.6 Å². The lowest BCUT2D eigenvalue weighted by Crippen LogP contribution is -2.41. The Hall–Kier alpha value is -0.830. The Morgan fingerprint density at radius 2 is 2.08 bits per heavy atom. The van der Waals surface area contributed by atoms with E-state index < -0.39 is 0 Å². The lowest BCUT2D eigenvalue weighted by Gasteiger charge is -2.26. The summed E-state index contributed by atoms with van der Waals surface area (Å²) in [6.45, 7) is 9.89. The van der Waals surface area contributed by atoms with Gasteiger partial charge in [0.2, 0.25) is 5.91 Å². The van der Waals surface area contributed by atoms with Crippen LogP contribution in [-0.2, 0) is 17.8 Å². The van der Waals surface area contributed by atoms with Gasteiger partial charge in [-0.1, -0.05) is 26.7 Å². The summed E-state index contributed by atoms with van der Waals surface area (Å²) in [6.07, 6.45) is 3.27. The van der Waals surface area contributed by atoms with Crippen LogP contribution in [0.25, 0.3) is 0 Å². The predicted molar refractivity (Wildman–Crippen MR) is 117 cm³/mol. The van der Waals surface area contributed by atoms with Crippen molar-refractivity contribution in [3.63, 3.8) is 0 Å². The van der Waals surface area contributed by atoms with Gasteiger partial charge in [0.25, 0.3) is 0 Å². The summed E-state index contributed by atoms with van der Waals surface area (Å²) in [7, 11) is 0. The van der Waals surface area contributed by atoms with Crippen molar-refractivity contribution in [1.29, 1.82) is 0 Å². The van der Waals surface area contributed by atoms with Gasteiger partial charge >= 0.3 is 0 Å². The maximum Gasteiger partial charge on any atom is 0.244 e. The maximum absolute atomic E-state index is 12.5. The molecule has 1 aromatic rings. The smallest absolute Gasteiger partial charge is 0.244 e. The minimum absolute atomic E-state index is 0. The number of aliphatic imine (C=N–C) groups is 1. The molecule has 1 aliphatic rings. The van der Waals surface area contributed by atoms with Gasteiger partial charge in [-0.2, -0.15) is 0 Å². The highest BCUT2D eigenvalue weighted by atomic mass is 127. The van der Waals surface area contributed by atoms with Crippen LogP contribution in [0.4, 0.5) is 0 Å². The van der Waals surface area contributed by atoms with Gasteiger partial charge < -0.3 is 15.5 Å². The van der Waals surface area contributed by atoms with Crippen LogP contribution in [-0.4, -0.2) is 42.9 Å². The minimum atomic E-state index is 0. The number of carbonyl (C=O) groups excluding carboxylic acids is 1. The molecular formula is C18H31IN4OS. The Labute approximate surface area is 172 Å². The van der Waals surface area contributed by atoms with Crippen LogP contribution >= 0.6 is 35.3 Å². The number of nitrogens with one attached hydrogen (secondary N) is 2. The van der Waals surface area contributed by atoms with E-state index in [1.54, 1.807) is 11.3 Å². The molecule has 0 aliphatic carbocycles. The molecule has 142 valence electrons. The number of guanidine groups is 1. The lowest BCUT2D eigenvalue weighted by atomic mass is 10.0. The van der Waals surface area contributed by atoms with E-state index in [0.717, 1.165) is 51.4 Å². The van der Waals surface area contributed by atoms with Gasteiger partial charge in [0.1, 0.15) is 6.54 Å². The van der Waals surface area contributed by atoms with Crippen LogP contribution in [0.3, 0.4) is 0 Å². The largest absolute Gasteiger partial charge is 0.357 e. The molecule has 1 aliphatic heterocycles. The van der Waals surface area contributed by atoms with Crippen molar-refractivity contribution < 1.29 is 4.79 Å². The zero-order chi connectivity index (χ0) is 17.4. The molecule has 0 spiro atoms. The predicted octanol–water partition coefficient (Wildman–Crippen LogP) is 3.24. The summed E-state index contributed by atoms with van der Waals surface area (Å²) in [5.41, 5.74) is 1.29. The second-order valence-corrected chi connectivity index (χ2v) is 7.19. The van der Waals surface area contributed by atoms with Gasteiger partial charge in [-0.05, 0) is 36.3 Å². The van der Waals surface area contributed by atoms with Gasteiger partial charge in [0.05, 0.1) is 0 Å². The fraction of sp³-hybridized carbons (Fsp3) is 0.667. The van der Waals surface area contributed by atoms with E-state index in [1.165, 1.54) is 10.4 Å². The highest BCUT2D eigenvalue weighted by Crippen LogP contribution is 2.23. The molecule has 0 saturated heterocycles. The van der Waals surface area contributed by atoms with E-state index in [2.05, 4.69) is 40.9 Å². The molecular weight excluding hydrogens is 447 g/mol. The third-order valence-electron chi connectivity index (χ3n) is 4.59. The van der Waals surface area contributed by atoms with Crippen molar-refractivity contribution >= 4 is 47.2 Å². The fourth-order valence-electron chi connectivity index (χ4n) is 2.87. The van der Waals surface area contributed by atoms with Crippen molar-refractivity contribution in [1.82, 2.24) is 15.5 Å². The summed E-state index contributed by atoms with van der Waals surface area (Å²) in [5, 5.41) is 8.70. The van der Waals surface area contributed by atoms with Crippen LogP contribution in [0.1, 0.15) is 44.1 Å². The molecule has 2 rings (SSSR count). The van der Waals surface area contributed by atoms with Crippen molar-refractivity contribution in [2.45, 2.75) is 46.6 Å². The van der Waals surface area contributed by atoms with E-state index in [0.29, 0.717) is 5.92 Å². The van der Waals surface area contributed by atoms with Crippen molar-refractivity contribution in [2.24, 2.45) is 10.9 Å². The minimum Gasteiger partial charge on any atom is -0.357 e. The van der Waals surface area contributed by atoms with Crippen LogP contribution in [0.15, 0.2) is 16.4 Å². The monoisotopic (exact) mass is 478 g/mol. The number of fused-ring (bicyclic) bond motifs is 1. The Morgan fingerprint density at radius 3 is 2.76 bits per heavy atom. The van der Waals surface area contributed by atoms with E-state index in [1.807, 2.05) is 11.8 Å².